The summed E-state index contributed by atoms with van der Waals surface area (Å²) in [6.45, 7) is 4.94. The molecular weight excluding hydrogens is 444 g/mol. The summed E-state index contributed by atoms with van der Waals surface area (Å²) >= 11 is 0. The molecule has 1 N–H and O–H groups in total. The number of benzene rings is 1. The standard InChI is InChI=1S/C26H32N6O3/c1-4-31-13-5-6-18(31)15-28-25(33)21-16-29-32(24(21)17-7-8-17)26-27-12-11-22(30-26)20-14-19(34-2)9-10-23(20)35-3/h9-12,14,16-18H,4-8,13,15H2,1-3H3,(H,28,33). The first-order chi connectivity index (χ1) is 17.1. The quantitative estimate of drug-likeness (QED) is 0.506. The Morgan fingerprint density at radius 1 is 1.17 bits per heavy atom. The summed E-state index contributed by atoms with van der Waals surface area (Å²) < 4.78 is 12.6. The Balaban J connectivity index is 1.43. The van der Waals surface area contributed by atoms with E-state index < -0.39 is 0 Å². The minimum absolute atomic E-state index is 0.0771. The molecule has 5 rings (SSSR count). The van der Waals surface area contributed by atoms with Crippen molar-refractivity contribution in [3.8, 4) is 28.7 Å². The first-order valence-electron chi connectivity index (χ1n) is 12.3. The van der Waals surface area contributed by atoms with E-state index in [0.29, 0.717) is 41.3 Å². The summed E-state index contributed by atoms with van der Waals surface area (Å²) in [4.78, 5) is 24.9. The van der Waals surface area contributed by atoms with Crippen LogP contribution in [0.5, 0.6) is 11.5 Å². The van der Waals surface area contributed by atoms with E-state index >= 15 is 0 Å². The number of hydrogen-bond donors (Lipinski definition) is 1. The molecule has 1 unspecified atom stereocenters. The smallest absolute Gasteiger partial charge is 0.254 e. The Morgan fingerprint density at radius 3 is 2.77 bits per heavy atom. The number of likely N-dealkylation sites (N-methyl/N-ethyl adjacent to an activating group) is 1. The first-order valence-corrected chi connectivity index (χ1v) is 12.3. The maximum absolute atomic E-state index is 13.2. The number of rotatable bonds is 9. The van der Waals surface area contributed by atoms with Gasteiger partial charge in [0, 0.05) is 30.3 Å². The fourth-order valence-electron chi connectivity index (χ4n) is 4.90. The molecule has 2 aliphatic rings. The number of hydrogen-bond acceptors (Lipinski definition) is 7. The molecule has 1 aliphatic carbocycles. The van der Waals surface area contributed by atoms with Gasteiger partial charge in [-0.25, -0.2) is 14.6 Å². The van der Waals surface area contributed by atoms with Gasteiger partial charge in [0.15, 0.2) is 0 Å². The van der Waals surface area contributed by atoms with Crippen LogP contribution < -0.4 is 14.8 Å². The molecule has 2 aromatic heterocycles. The average Bonchev–Trinajstić information content (AvgIpc) is 3.47. The summed E-state index contributed by atoms with van der Waals surface area (Å²) in [7, 11) is 3.25. The Bertz CT molecular complexity index is 1210. The van der Waals surface area contributed by atoms with Gasteiger partial charge in [0.2, 0.25) is 0 Å². The van der Waals surface area contributed by atoms with Crippen LogP contribution in [-0.2, 0) is 0 Å². The van der Waals surface area contributed by atoms with E-state index in [1.807, 2.05) is 24.3 Å². The van der Waals surface area contributed by atoms with Gasteiger partial charge in [0.25, 0.3) is 11.9 Å². The van der Waals surface area contributed by atoms with Gasteiger partial charge < -0.3 is 14.8 Å². The lowest BCUT2D eigenvalue weighted by molar-refractivity contribution is 0.0940. The highest BCUT2D eigenvalue weighted by molar-refractivity contribution is 5.95. The van der Waals surface area contributed by atoms with Gasteiger partial charge in [0.05, 0.1) is 37.4 Å². The van der Waals surface area contributed by atoms with Crippen molar-refractivity contribution in [3.63, 3.8) is 0 Å². The molecule has 9 heteroatoms. The van der Waals surface area contributed by atoms with Gasteiger partial charge >= 0.3 is 0 Å². The molecule has 0 bridgehead atoms. The Labute approximate surface area is 205 Å². The highest BCUT2D eigenvalue weighted by Gasteiger charge is 2.34. The zero-order valence-electron chi connectivity index (χ0n) is 20.5. The number of methoxy groups -OCH3 is 2. The number of ether oxygens (including phenoxy) is 2. The van der Waals surface area contributed by atoms with E-state index in [9.17, 15) is 4.79 Å². The fraction of sp³-hybridized carbons (Fsp3) is 0.462. The number of nitrogens with zero attached hydrogens (tertiary/aromatic N) is 5. The molecule has 1 aliphatic heterocycles. The Hall–Kier alpha value is -3.46. The lowest BCUT2D eigenvalue weighted by Crippen LogP contribution is -2.40. The van der Waals surface area contributed by atoms with Crippen LogP contribution in [-0.4, -0.2) is 70.5 Å². The van der Waals surface area contributed by atoms with Crippen LogP contribution in [0.15, 0.2) is 36.7 Å². The van der Waals surface area contributed by atoms with Crippen molar-refractivity contribution in [1.82, 2.24) is 30.0 Å². The Morgan fingerprint density at radius 2 is 2.03 bits per heavy atom. The highest BCUT2D eigenvalue weighted by Crippen LogP contribution is 2.42. The largest absolute Gasteiger partial charge is 0.497 e. The van der Waals surface area contributed by atoms with Crippen LogP contribution >= 0.6 is 0 Å². The van der Waals surface area contributed by atoms with Crippen molar-refractivity contribution >= 4 is 5.91 Å². The minimum Gasteiger partial charge on any atom is -0.497 e. The first kappa shape index (κ1) is 23.3. The molecule has 9 nitrogen and oxygen atoms in total. The van der Waals surface area contributed by atoms with Crippen LogP contribution in [0, 0.1) is 0 Å². The molecule has 35 heavy (non-hydrogen) atoms. The lowest BCUT2D eigenvalue weighted by atomic mass is 10.1. The number of carbonyl (C=O) groups is 1. The molecule has 184 valence electrons. The maximum atomic E-state index is 13.2. The summed E-state index contributed by atoms with van der Waals surface area (Å²) in [5, 5.41) is 7.71. The van der Waals surface area contributed by atoms with E-state index in [4.69, 9.17) is 14.5 Å². The molecule has 1 aromatic carbocycles. The predicted octanol–water partition coefficient (Wildman–Crippen LogP) is 3.44. The third-order valence-corrected chi connectivity index (χ3v) is 6.93. The fourth-order valence-corrected chi connectivity index (χ4v) is 4.90. The number of likely N-dealkylation sites (tertiary alicyclic amines) is 1. The molecule has 1 amide bonds. The van der Waals surface area contributed by atoms with Crippen LogP contribution in [0.4, 0.5) is 0 Å². The summed E-state index contributed by atoms with van der Waals surface area (Å²) in [6, 6.07) is 7.82. The average molecular weight is 477 g/mol. The molecular formula is C26H32N6O3. The molecule has 2 fully saturated rings. The SMILES string of the molecule is CCN1CCCC1CNC(=O)c1cnn(-c2nccc(-c3cc(OC)ccc3OC)n2)c1C1CC1. The number of carbonyl (C=O) groups excluding carboxylic acids is 1. The lowest BCUT2D eigenvalue weighted by Gasteiger charge is -2.22. The van der Waals surface area contributed by atoms with Gasteiger partial charge in [0.1, 0.15) is 11.5 Å². The minimum atomic E-state index is -0.0771. The van der Waals surface area contributed by atoms with E-state index in [1.54, 1.807) is 31.3 Å². The molecule has 3 heterocycles. The van der Waals surface area contributed by atoms with Gasteiger partial charge in [-0.15, -0.1) is 0 Å². The molecule has 0 radical (unpaired) electrons. The predicted molar refractivity (Wildman–Crippen MR) is 132 cm³/mol. The second-order valence-electron chi connectivity index (χ2n) is 9.07. The number of amides is 1. The molecule has 3 aromatic rings. The topological polar surface area (TPSA) is 94.4 Å². The van der Waals surface area contributed by atoms with Crippen LogP contribution in [0.3, 0.4) is 0 Å². The second kappa shape index (κ2) is 10.0. The zero-order chi connectivity index (χ0) is 24.4. The Kier molecular flexibility index (Phi) is 6.68. The van der Waals surface area contributed by atoms with E-state index in [2.05, 4.69) is 27.2 Å². The number of nitrogens with one attached hydrogen (secondary N) is 1. The monoisotopic (exact) mass is 476 g/mol. The normalized spacial score (nSPS) is 18.0. The van der Waals surface area contributed by atoms with E-state index in [-0.39, 0.29) is 11.8 Å². The van der Waals surface area contributed by atoms with Crippen molar-refractivity contribution in [1.29, 1.82) is 0 Å². The van der Waals surface area contributed by atoms with Gasteiger partial charge in [-0.2, -0.15) is 5.10 Å². The van der Waals surface area contributed by atoms with Crippen molar-refractivity contribution in [2.45, 2.75) is 44.6 Å². The number of aromatic nitrogens is 4. The van der Waals surface area contributed by atoms with Crippen LogP contribution in [0.2, 0.25) is 0 Å². The highest BCUT2D eigenvalue weighted by atomic mass is 16.5. The van der Waals surface area contributed by atoms with Crippen molar-refractivity contribution in [2.24, 2.45) is 0 Å². The van der Waals surface area contributed by atoms with Gasteiger partial charge in [-0.3, -0.25) is 9.69 Å². The summed E-state index contributed by atoms with van der Waals surface area (Å²) in [5.41, 5.74) is 2.98. The molecule has 1 saturated heterocycles. The van der Waals surface area contributed by atoms with Crippen molar-refractivity contribution < 1.29 is 14.3 Å². The maximum Gasteiger partial charge on any atom is 0.254 e. The van der Waals surface area contributed by atoms with Gasteiger partial charge in [-0.05, 0) is 63.0 Å². The molecule has 1 atom stereocenters. The molecule has 1 saturated carbocycles. The zero-order valence-corrected chi connectivity index (χ0v) is 20.5. The van der Waals surface area contributed by atoms with Crippen LogP contribution in [0.1, 0.15) is 54.6 Å². The van der Waals surface area contributed by atoms with Crippen molar-refractivity contribution in [3.05, 3.63) is 47.9 Å². The molecule has 0 spiro atoms. The van der Waals surface area contributed by atoms with Crippen LogP contribution in [0.25, 0.3) is 17.2 Å². The van der Waals surface area contributed by atoms with E-state index in [0.717, 1.165) is 43.6 Å². The third kappa shape index (κ3) is 4.73. The second-order valence-corrected chi connectivity index (χ2v) is 9.07. The van der Waals surface area contributed by atoms with Gasteiger partial charge in [-0.1, -0.05) is 6.92 Å². The summed E-state index contributed by atoms with van der Waals surface area (Å²) in [5.74, 6) is 2.04. The van der Waals surface area contributed by atoms with E-state index in [1.165, 1.54) is 6.42 Å². The third-order valence-electron chi connectivity index (χ3n) is 6.93. The van der Waals surface area contributed by atoms with Crippen molar-refractivity contribution in [2.75, 3.05) is 33.9 Å². The summed E-state index contributed by atoms with van der Waals surface area (Å²) in [6.07, 6.45) is 7.72.